The van der Waals surface area contributed by atoms with E-state index in [0.717, 1.165) is 16.7 Å². The molecule has 3 aromatic rings. The summed E-state index contributed by atoms with van der Waals surface area (Å²) in [5.41, 5.74) is -5.55. The highest BCUT2D eigenvalue weighted by molar-refractivity contribution is 6.29. The number of pyridine rings is 3. The molecule has 0 spiro atoms. The highest BCUT2D eigenvalue weighted by Gasteiger charge is 2.67. The molecule has 14 heteroatoms. The van der Waals surface area contributed by atoms with Gasteiger partial charge in [-0.1, -0.05) is 11.6 Å². The third-order valence-electron chi connectivity index (χ3n) is 4.64. The van der Waals surface area contributed by atoms with Crippen LogP contribution in [0.1, 0.15) is 24.2 Å². The van der Waals surface area contributed by atoms with Gasteiger partial charge in [-0.25, -0.2) is 18.7 Å². The highest BCUT2D eigenvalue weighted by Crippen LogP contribution is 2.43. The summed E-state index contributed by atoms with van der Waals surface area (Å²) in [6.07, 6.45) is -4.76. The summed E-state index contributed by atoms with van der Waals surface area (Å²) in [5.74, 6) is -9.93. The van der Waals surface area contributed by atoms with Gasteiger partial charge < -0.3 is 5.32 Å². The summed E-state index contributed by atoms with van der Waals surface area (Å²) in [5, 5.41) is 0.967. The molecule has 0 bridgehead atoms. The van der Waals surface area contributed by atoms with Gasteiger partial charge in [0.05, 0.1) is 11.6 Å². The summed E-state index contributed by atoms with van der Waals surface area (Å²) in [6.45, 7) is 0.834. The quantitative estimate of drug-likeness (QED) is 0.429. The van der Waals surface area contributed by atoms with Crippen LogP contribution in [0.15, 0.2) is 35.4 Å². The van der Waals surface area contributed by atoms with E-state index in [2.05, 4.69) is 9.97 Å². The maximum atomic E-state index is 14.4. The van der Waals surface area contributed by atoms with Crippen LogP contribution in [0.3, 0.4) is 0 Å². The Bertz CT molecular complexity index is 1320. The zero-order valence-corrected chi connectivity index (χ0v) is 17.3. The van der Waals surface area contributed by atoms with Crippen molar-refractivity contribution >= 4 is 28.5 Å². The average molecular weight is 497 g/mol. The van der Waals surface area contributed by atoms with E-state index in [0.29, 0.717) is 32.3 Å². The zero-order chi connectivity index (χ0) is 24.9. The van der Waals surface area contributed by atoms with Crippen LogP contribution in [-0.2, 0) is 0 Å². The van der Waals surface area contributed by atoms with E-state index in [1.165, 1.54) is 5.32 Å². The fraction of sp³-hybridized carbons (Fsp3) is 0.263. The van der Waals surface area contributed by atoms with Gasteiger partial charge in [0.1, 0.15) is 22.1 Å². The number of hydrogen-bond acceptors (Lipinski definition) is 4. The molecule has 0 saturated heterocycles. The molecule has 176 valence electrons. The summed E-state index contributed by atoms with van der Waals surface area (Å²) < 4.78 is 94.5. The SMILES string of the molecule is CC(C)(NC(=O)c1cn(-c2ncc(F)cc2F)c2nc(Cl)ccc2c1=O)C(F)(F)C(F)(F)F. The smallest absolute Gasteiger partial charge is 0.341 e. The summed E-state index contributed by atoms with van der Waals surface area (Å²) in [6, 6.07) is 2.65. The largest absolute Gasteiger partial charge is 0.455 e. The van der Waals surface area contributed by atoms with E-state index in [-0.39, 0.29) is 16.2 Å². The van der Waals surface area contributed by atoms with Crippen molar-refractivity contribution in [1.29, 1.82) is 0 Å². The Morgan fingerprint density at radius 2 is 1.76 bits per heavy atom. The number of nitrogens with one attached hydrogen (secondary N) is 1. The predicted octanol–water partition coefficient (Wildman–Crippen LogP) is 4.42. The number of aromatic nitrogens is 3. The van der Waals surface area contributed by atoms with Crippen molar-refractivity contribution in [3.8, 4) is 5.82 Å². The molecule has 0 aliphatic heterocycles. The number of carbonyl (C=O) groups is 1. The van der Waals surface area contributed by atoms with Crippen LogP contribution in [0.5, 0.6) is 0 Å². The molecule has 3 heterocycles. The second-order valence-electron chi connectivity index (χ2n) is 7.36. The van der Waals surface area contributed by atoms with Crippen molar-refractivity contribution in [3.63, 3.8) is 0 Å². The fourth-order valence-corrected chi connectivity index (χ4v) is 3.01. The van der Waals surface area contributed by atoms with Crippen LogP contribution in [0, 0.1) is 11.6 Å². The summed E-state index contributed by atoms with van der Waals surface area (Å²) in [4.78, 5) is 32.8. The van der Waals surface area contributed by atoms with Crippen LogP contribution < -0.4 is 10.7 Å². The molecule has 0 unspecified atom stereocenters. The molecule has 0 fully saturated rings. The van der Waals surface area contributed by atoms with Gasteiger partial charge in [-0.3, -0.25) is 14.2 Å². The number of alkyl halides is 5. The van der Waals surface area contributed by atoms with Crippen molar-refractivity contribution in [1.82, 2.24) is 19.9 Å². The van der Waals surface area contributed by atoms with Gasteiger partial charge in [-0.2, -0.15) is 22.0 Å². The third-order valence-corrected chi connectivity index (χ3v) is 4.86. The first-order valence-corrected chi connectivity index (χ1v) is 9.25. The molecule has 33 heavy (non-hydrogen) atoms. The lowest BCUT2D eigenvalue weighted by atomic mass is 9.95. The first-order chi connectivity index (χ1) is 15.1. The lowest BCUT2D eigenvalue weighted by Crippen LogP contribution is -2.62. The van der Waals surface area contributed by atoms with Crippen LogP contribution in [0.2, 0.25) is 5.15 Å². The van der Waals surface area contributed by atoms with E-state index < -0.39 is 52.0 Å². The molecular formula is C19H12ClF7N4O2. The van der Waals surface area contributed by atoms with Gasteiger partial charge in [0, 0.05) is 12.3 Å². The van der Waals surface area contributed by atoms with Gasteiger partial charge in [0.15, 0.2) is 17.3 Å². The van der Waals surface area contributed by atoms with Crippen LogP contribution in [0.4, 0.5) is 30.7 Å². The van der Waals surface area contributed by atoms with Crippen molar-refractivity contribution in [2.75, 3.05) is 0 Å². The van der Waals surface area contributed by atoms with Gasteiger partial charge >= 0.3 is 12.1 Å². The number of hydrogen-bond donors (Lipinski definition) is 1. The number of fused-ring (bicyclic) bond motifs is 1. The summed E-state index contributed by atoms with van der Waals surface area (Å²) >= 11 is 5.81. The van der Waals surface area contributed by atoms with Crippen molar-refractivity contribution in [2.24, 2.45) is 0 Å². The molecule has 0 aromatic carbocycles. The Morgan fingerprint density at radius 1 is 1.12 bits per heavy atom. The van der Waals surface area contributed by atoms with Crippen LogP contribution >= 0.6 is 11.6 Å². The molecule has 3 rings (SSSR count). The molecule has 0 radical (unpaired) electrons. The van der Waals surface area contributed by atoms with Gasteiger partial charge in [-0.05, 0) is 26.0 Å². The fourth-order valence-electron chi connectivity index (χ4n) is 2.87. The molecule has 0 aliphatic rings. The van der Waals surface area contributed by atoms with Crippen molar-refractivity contribution < 1.29 is 35.5 Å². The highest BCUT2D eigenvalue weighted by atomic mass is 35.5. The van der Waals surface area contributed by atoms with Crippen LogP contribution in [-0.4, -0.2) is 38.1 Å². The Morgan fingerprint density at radius 3 is 2.33 bits per heavy atom. The molecule has 6 nitrogen and oxygen atoms in total. The molecule has 0 aliphatic carbocycles. The first-order valence-electron chi connectivity index (χ1n) is 8.87. The monoisotopic (exact) mass is 496 g/mol. The number of nitrogens with zero attached hydrogens (tertiary/aromatic N) is 3. The van der Waals surface area contributed by atoms with E-state index >= 15 is 0 Å². The van der Waals surface area contributed by atoms with Gasteiger partial charge in [0.2, 0.25) is 5.43 Å². The van der Waals surface area contributed by atoms with Crippen LogP contribution in [0.25, 0.3) is 16.9 Å². The molecule has 0 saturated carbocycles. The number of amides is 1. The molecular weight excluding hydrogens is 485 g/mol. The number of halogens is 8. The second kappa shape index (κ2) is 7.97. The topological polar surface area (TPSA) is 76.9 Å². The Labute approximate surface area is 185 Å². The van der Waals surface area contributed by atoms with E-state index in [9.17, 15) is 40.3 Å². The maximum absolute atomic E-state index is 14.4. The Balaban J connectivity index is 2.22. The molecule has 0 atom stereocenters. The van der Waals surface area contributed by atoms with E-state index in [1.54, 1.807) is 0 Å². The number of rotatable bonds is 4. The van der Waals surface area contributed by atoms with Crippen molar-refractivity contribution in [2.45, 2.75) is 31.5 Å². The minimum absolute atomic E-state index is 0.165. The lowest BCUT2D eigenvalue weighted by molar-refractivity contribution is -0.305. The molecule has 1 amide bonds. The van der Waals surface area contributed by atoms with E-state index in [4.69, 9.17) is 11.6 Å². The maximum Gasteiger partial charge on any atom is 0.455 e. The normalized spacial score (nSPS) is 12.8. The van der Waals surface area contributed by atoms with Gasteiger partial charge in [-0.15, -0.1) is 0 Å². The average Bonchev–Trinajstić information content (AvgIpc) is 2.67. The minimum Gasteiger partial charge on any atom is -0.341 e. The number of carbonyl (C=O) groups excluding carboxylic acids is 1. The van der Waals surface area contributed by atoms with E-state index in [1.807, 2.05) is 0 Å². The minimum atomic E-state index is -6.00. The third kappa shape index (κ3) is 4.24. The Kier molecular flexibility index (Phi) is 5.90. The lowest BCUT2D eigenvalue weighted by Gasteiger charge is -2.35. The van der Waals surface area contributed by atoms with Crippen molar-refractivity contribution in [3.05, 3.63) is 63.2 Å². The molecule has 3 aromatic heterocycles. The standard InChI is InChI=1S/C19H12ClF7N4O2/c1-17(2,18(23,24)19(25,26)27)30-16(33)10-7-31(15-11(22)5-8(21)6-28-15)14-9(13(10)32)3-4-12(20)29-14/h3-7H,1-2H3,(H,30,33). The summed E-state index contributed by atoms with van der Waals surface area (Å²) in [7, 11) is 0. The zero-order valence-electron chi connectivity index (χ0n) is 16.6. The Hall–Kier alpha value is -3.22. The first kappa shape index (κ1) is 24.4. The molecule has 1 N–H and O–H groups in total. The predicted molar refractivity (Wildman–Crippen MR) is 103 cm³/mol. The second-order valence-corrected chi connectivity index (χ2v) is 7.74. The van der Waals surface area contributed by atoms with Gasteiger partial charge in [0.25, 0.3) is 5.91 Å².